The van der Waals surface area contributed by atoms with E-state index in [0.29, 0.717) is 5.92 Å². The second-order valence-corrected chi connectivity index (χ2v) is 8.62. The molecule has 2 aliphatic carbocycles. The smallest absolute Gasteiger partial charge is 0.236 e. The average Bonchev–Trinajstić information content (AvgIpc) is 2.97. The fourth-order valence-corrected chi connectivity index (χ4v) is 5.05. The molecule has 0 N–H and O–H groups in total. The first-order chi connectivity index (χ1) is 13.0. The van der Waals surface area contributed by atoms with Crippen molar-refractivity contribution in [1.29, 1.82) is 0 Å². The second-order valence-electron chi connectivity index (χ2n) is 8.62. The van der Waals surface area contributed by atoms with Crippen LogP contribution in [0.2, 0.25) is 0 Å². The molecular weight excluding hydrogens is 340 g/mol. The van der Waals surface area contributed by atoms with Crippen LogP contribution in [0.3, 0.4) is 0 Å². The molecule has 152 valence electrons. The van der Waals surface area contributed by atoms with Gasteiger partial charge in [0.2, 0.25) is 5.91 Å². The minimum Gasteiger partial charge on any atom is -0.501 e. The minimum atomic E-state index is -0.583. The van der Waals surface area contributed by atoms with Crippen molar-refractivity contribution in [2.75, 3.05) is 47.9 Å². The van der Waals surface area contributed by atoms with Crippen LogP contribution in [0.1, 0.15) is 44.9 Å². The Labute approximate surface area is 164 Å². The van der Waals surface area contributed by atoms with E-state index in [-0.39, 0.29) is 11.8 Å². The molecule has 0 aromatic rings. The zero-order chi connectivity index (χ0) is 19.4. The van der Waals surface area contributed by atoms with Crippen LogP contribution >= 0.6 is 0 Å². The number of hydrogen-bond donors (Lipinski definition) is 0. The van der Waals surface area contributed by atoms with Gasteiger partial charge >= 0.3 is 0 Å². The Morgan fingerprint density at radius 1 is 1.11 bits per heavy atom. The number of likely N-dealkylation sites (tertiary alicyclic amines) is 1. The first-order valence-corrected chi connectivity index (χ1v) is 10.5. The molecule has 1 heterocycles. The molecular formula is C22H36N2O3. The first-order valence-electron chi connectivity index (χ1n) is 10.5. The summed E-state index contributed by atoms with van der Waals surface area (Å²) in [6, 6.07) is 0. The van der Waals surface area contributed by atoms with E-state index in [1.54, 1.807) is 14.2 Å². The Morgan fingerprint density at radius 2 is 1.74 bits per heavy atom. The van der Waals surface area contributed by atoms with E-state index in [4.69, 9.17) is 9.47 Å². The number of hydrogen-bond acceptors (Lipinski definition) is 4. The summed E-state index contributed by atoms with van der Waals surface area (Å²) in [7, 11) is 7.62. The molecule has 0 radical (unpaired) electrons. The normalized spacial score (nSPS) is 29.3. The third-order valence-corrected chi connectivity index (χ3v) is 6.52. The summed E-state index contributed by atoms with van der Waals surface area (Å²) < 4.78 is 11.7. The highest BCUT2D eigenvalue weighted by molar-refractivity contribution is 5.89. The monoisotopic (exact) mass is 376 g/mol. The quantitative estimate of drug-likeness (QED) is 0.683. The van der Waals surface area contributed by atoms with E-state index in [2.05, 4.69) is 31.1 Å². The zero-order valence-electron chi connectivity index (χ0n) is 17.5. The number of methoxy groups -OCH3 is 2. The molecule has 0 bridgehead atoms. The van der Waals surface area contributed by atoms with Crippen LogP contribution in [0.5, 0.6) is 0 Å². The second kappa shape index (κ2) is 8.68. The molecule has 1 saturated carbocycles. The van der Waals surface area contributed by atoms with Gasteiger partial charge in [0.25, 0.3) is 0 Å². The van der Waals surface area contributed by atoms with Crippen molar-refractivity contribution in [1.82, 2.24) is 9.80 Å². The summed E-state index contributed by atoms with van der Waals surface area (Å²) in [4.78, 5) is 17.5. The number of carbonyl (C=O) groups excluding carboxylic acids is 1. The molecule has 1 aliphatic heterocycles. The van der Waals surface area contributed by atoms with E-state index in [0.717, 1.165) is 44.0 Å². The highest BCUT2D eigenvalue weighted by atomic mass is 16.5. The van der Waals surface area contributed by atoms with Crippen LogP contribution in [-0.4, -0.2) is 63.7 Å². The van der Waals surface area contributed by atoms with Crippen LogP contribution in [-0.2, 0) is 14.3 Å². The molecule has 5 nitrogen and oxygen atoms in total. The molecule has 0 aromatic heterocycles. The van der Waals surface area contributed by atoms with Gasteiger partial charge in [0.1, 0.15) is 11.5 Å². The lowest BCUT2D eigenvalue weighted by Crippen LogP contribution is -2.37. The number of ether oxygens (including phenoxy) is 2. The van der Waals surface area contributed by atoms with Crippen molar-refractivity contribution in [3.63, 3.8) is 0 Å². The van der Waals surface area contributed by atoms with Gasteiger partial charge in [-0.1, -0.05) is 19.3 Å². The lowest BCUT2D eigenvalue weighted by atomic mass is 9.71. The molecule has 27 heavy (non-hydrogen) atoms. The van der Waals surface area contributed by atoms with Gasteiger partial charge in [-0.05, 0) is 64.4 Å². The van der Waals surface area contributed by atoms with Gasteiger partial charge in [0.05, 0.1) is 25.6 Å². The van der Waals surface area contributed by atoms with Crippen LogP contribution in [0.25, 0.3) is 0 Å². The summed E-state index contributed by atoms with van der Waals surface area (Å²) >= 11 is 0. The van der Waals surface area contributed by atoms with Gasteiger partial charge in [0, 0.05) is 13.1 Å². The Kier molecular flexibility index (Phi) is 6.51. The third kappa shape index (κ3) is 4.18. The van der Waals surface area contributed by atoms with Gasteiger partial charge < -0.3 is 19.3 Å². The van der Waals surface area contributed by atoms with Crippen molar-refractivity contribution in [3.8, 4) is 0 Å². The van der Waals surface area contributed by atoms with Crippen molar-refractivity contribution in [2.24, 2.45) is 17.3 Å². The first kappa shape index (κ1) is 20.2. The van der Waals surface area contributed by atoms with Crippen LogP contribution in [0, 0.1) is 17.3 Å². The van der Waals surface area contributed by atoms with Gasteiger partial charge in [-0.3, -0.25) is 4.79 Å². The van der Waals surface area contributed by atoms with Gasteiger partial charge in [0.15, 0.2) is 0 Å². The van der Waals surface area contributed by atoms with Gasteiger partial charge in [-0.2, -0.15) is 0 Å². The largest absolute Gasteiger partial charge is 0.501 e. The lowest BCUT2D eigenvalue weighted by Gasteiger charge is -2.37. The van der Waals surface area contributed by atoms with Crippen molar-refractivity contribution in [2.45, 2.75) is 44.9 Å². The lowest BCUT2D eigenvalue weighted by molar-refractivity contribution is -0.132. The maximum Gasteiger partial charge on any atom is 0.236 e. The minimum absolute atomic E-state index is 0.168. The standard InChI is InChI=1S/C22H36N2O3/c1-23(2)12-8-13-24-14-11-22(21(24)25)15-18(26-3)20(19(16-22)27-4)17-9-6-5-7-10-17/h15-17,20H,5-14H2,1-4H3. The Morgan fingerprint density at radius 3 is 2.30 bits per heavy atom. The molecule has 5 heteroatoms. The summed E-state index contributed by atoms with van der Waals surface area (Å²) in [5, 5.41) is 0. The summed E-state index contributed by atoms with van der Waals surface area (Å²) in [6.07, 6.45) is 12.3. The molecule has 2 fully saturated rings. The van der Waals surface area contributed by atoms with Crippen LogP contribution in [0.15, 0.2) is 23.7 Å². The molecule has 3 aliphatic rings. The molecule has 3 rings (SSSR count). The number of rotatable bonds is 7. The Bertz CT molecular complexity index is 568. The molecule has 0 aromatic carbocycles. The topological polar surface area (TPSA) is 42.0 Å². The molecule has 0 unspecified atom stereocenters. The Balaban J connectivity index is 1.80. The fourth-order valence-electron chi connectivity index (χ4n) is 5.05. The molecule has 1 saturated heterocycles. The van der Waals surface area contributed by atoms with E-state index in [9.17, 15) is 4.79 Å². The van der Waals surface area contributed by atoms with E-state index in [1.165, 1.54) is 32.1 Å². The number of amides is 1. The number of nitrogens with zero attached hydrogens (tertiary/aromatic N) is 2. The molecule has 1 spiro atoms. The van der Waals surface area contributed by atoms with E-state index >= 15 is 0 Å². The highest BCUT2D eigenvalue weighted by Gasteiger charge is 2.49. The third-order valence-electron chi connectivity index (χ3n) is 6.52. The van der Waals surface area contributed by atoms with Gasteiger partial charge in [-0.25, -0.2) is 0 Å². The predicted molar refractivity (Wildman–Crippen MR) is 107 cm³/mol. The summed E-state index contributed by atoms with van der Waals surface area (Å²) in [5.74, 6) is 2.80. The molecule has 0 atom stereocenters. The van der Waals surface area contributed by atoms with Crippen molar-refractivity contribution >= 4 is 5.91 Å². The summed E-state index contributed by atoms with van der Waals surface area (Å²) in [5.41, 5.74) is -0.583. The fraction of sp³-hybridized carbons (Fsp3) is 0.773. The maximum atomic E-state index is 13.3. The van der Waals surface area contributed by atoms with Crippen molar-refractivity contribution < 1.29 is 14.3 Å². The molecule has 1 amide bonds. The SMILES string of the molecule is COC1=CC2(C=C(OC)C1C1CCCCC1)CCN(CCCN(C)C)C2=O. The van der Waals surface area contributed by atoms with Crippen LogP contribution < -0.4 is 0 Å². The zero-order valence-corrected chi connectivity index (χ0v) is 17.5. The summed E-state index contributed by atoms with van der Waals surface area (Å²) in [6.45, 7) is 2.62. The Hall–Kier alpha value is -1.49. The van der Waals surface area contributed by atoms with E-state index < -0.39 is 5.41 Å². The predicted octanol–water partition coefficient (Wildman–Crippen LogP) is 3.43. The van der Waals surface area contributed by atoms with Gasteiger partial charge in [-0.15, -0.1) is 0 Å². The highest BCUT2D eigenvalue weighted by Crippen LogP contribution is 2.48. The van der Waals surface area contributed by atoms with Crippen molar-refractivity contribution in [3.05, 3.63) is 23.7 Å². The number of carbonyl (C=O) groups is 1. The van der Waals surface area contributed by atoms with E-state index in [1.807, 2.05) is 4.90 Å². The van der Waals surface area contributed by atoms with Crippen LogP contribution in [0.4, 0.5) is 0 Å². The average molecular weight is 377 g/mol. The maximum absolute atomic E-state index is 13.3.